The Morgan fingerprint density at radius 3 is 2.70 bits per heavy atom. The zero-order valence-electron chi connectivity index (χ0n) is 12.8. The van der Waals surface area contributed by atoms with Gasteiger partial charge in [0.25, 0.3) is 0 Å². The molecule has 0 amide bonds. The van der Waals surface area contributed by atoms with Crippen molar-refractivity contribution < 1.29 is 8.78 Å². The fourth-order valence-electron chi connectivity index (χ4n) is 2.19. The second-order valence-corrected chi connectivity index (χ2v) is 5.12. The van der Waals surface area contributed by atoms with Crippen LogP contribution in [0.15, 0.2) is 29.4 Å². The second kappa shape index (κ2) is 5.71. The topological polar surface area (TPSA) is 67.5 Å². The molecule has 0 unspecified atom stereocenters. The van der Waals surface area contributed by atoms with Crippen LogP contribution in [0, 0.1) is 25.5 Å². The summed E-state index contributed by atoms with van der Waals surface area (Å²) in [7, 11) is 0. The summed E-state index contributed by atoms with van der Waals surface area (Å²) < 4.78 is 28.1. The Morgan fingerprint density at radius 1 is 1.17 bits per heavy atom. The van der Waals surface area contributed by atoms with Crippen LogP contribution in [-0.2, 0) is 0 Å². The third-order valence-electron chi connectivity index (χ3n) is 3.34. The predicted octanol–water partition coefficient (Wildman–Crippen LogP) is 2.86. The van der Waals surface area contributed by atoms with E-state index in [0.717, 1.165) is 23.5 Å². The molecule has 0 aliphatic carbocycles. The SMILES string of the molecule is C/C(=N/Nc1ccc(F)cc1F)c1nnc2cc(C)nn2c1C. The molecule has 1 N–H and O–H groups in total. The Balaban J connectivity index is 1.93. The van der Waals surface area contributed by atoms with Crippen molar-refractivity contribution in [2.24, 2.45) is 5.10 Å². The van der Waals surface area contributed by atoms with Gasteiger partial charge < -0.3 is 0 Å². The lowest BCUT2D eigenvalue weighted by atomic mass is 10.2. The first-order valence-corrected chi connectivity index (χ1v) is 6.91. The number of rotatable bonds is 3. The van der Waals surface area contributed by atoms with Crippen LogP contribution < -0.4 is 5.43 Å². The second-order valence-electron chi connectivity index (χ2n) is 5.12. The summed E-state index contributed by atoms with van der Waals surface area (Å²) in [6, 6.07) is 5.04. The minimum atomic E-state index is -0.720. The molecule has 2 aromatic heterocycles. The van der Waals surface area contributed by atoms with Crippen molar-refractivity contribution in [3.63, 3.8) is 0 Å². The van der Waals surface area contributed by atoms with Gasteiger partial charge >= 0.3 is 0 Å². The van der Waals surface area contributed by atoms with Crippen LogP contribution >= 0.6 is 0 Å². The van der Waals surface area contributed by atoms with E-state index in [1.807, 2.05) is 19.9 Å². The molecular weight excluding hydrogens is 302 g/mol. The van der Waals surface area contributed by atoms with Gasteiger partial charge in [0.05, 0.1) is 22.8 Å². The molecule has 2 heterocycles. The highest BCUT2D eigenvalue weighted by atomic mass is 19.1. The summed E-state index contributed by atoms with van der Waals surface area (Å²) >= 11 is 0. The number of aromatic nitrogens is 4. The number of nitrogens with one attached hydrogen (secondary N) is 1. The summed E-state index contributed by atoms with van der Waals surface area (Å²) in [5.41, 5.74) is 5.94. The van der Waals surface area contributed by atoms with Crippen molar-refractivity contribution in [2.45, 2.75) is 20.8 Å². The van der Waals surface area contributed by atoms with Crippen LogP contribution in [0.3, 0.4) is 0 Å². The largest absolute Gasteiger partial charge is 0.275 e. The molecule has 3 aromatic rings. The lowest BCUT2D eigenvalue weighted by molar-refractivity contribution is 0.585. The number of aryl methyl sites for hydroxylation is 2. The minimum absolute atomic E-state index is 0.0763. The van der Waals surface area contributed by atoms with Crippen molar-refractivity contribution >= 4 is 17.0 Å². The monoisotopic (exact) mass is 316 g/mol. The van der Waals surface area contributed by atoms with Crippen LogP contribution in [0.4, 0.5) is 14.5 Å². The fraction of sp³-hybridized carbons (Fsp3) is 0.200. The maximum atomic E-state index is 13.6. The number of hydrazone groups is 1. The molecular formula is C15H14F2N6. The van der Waals surface area contributed by atoms with Crippen molar-refractivity contribution in [2.75, 3.05) is 5.43 Å². The van der Waals surface area contributed by atoms with E-state index in [0.29, 0.717) is 17.1 Å². The molecule has 118 valence electrons. The Hall–Kier alpha value is -2.90. The van der Waals surface area contributed by atoms with E-state index in [1.165, 1.54) is 6.07 Å². The van der Waals surface area contributed by atoms with Gasteiger partial charge in [0.1, 0.15) is 11.5 Å². The highest BCUT2D eigenvalue weighted by Gasteiger charge is 2.11. The van der Waals surface area contributed by atoms with Crippen LogP contribution in [0.1, 0.15) is 24.0 Å². The normalized spacial score (nSPS) is 12.0. The number of anilines is 1. The molecule has 1 aromatic carbocycles. The number of benzene rings is 1. The van der Waals surface area contributed by atoms with Crippen LogP contribution in [-0.4, -0.2) is 25.5 Å². The minimum Gasteiger partial charge on any atom is -0.275 e. The van der Waals surface area contributed by atoms with E-state index in [-0.39, 0.29) is 5.69 Å². The van der Waals surface area contributed by atoms with Crippen molar-refractivity contribution in [3.8, 4) is 0 Å². The first-order valence-electron chi connectivity index (χ1n) is 6.91. The highest BCUT2D eigenvalue weighted by Crippen LogP contribution is 2.15. The summed E-state index contributed by atoms with van der Waals surface area (Å²) in [6.07, 6.45) is 0. The maximum Gasteiger partial charge on any atom is 0.177 e. The quantitative estimate of drug-likeness (QED) is 0.596. The van der Waals surface area contributed by atoms with Gasteiger partial charge in [0, 0.05) is 12.1 Å². The molecule has 23 heavy (non-hydrogen) atoms. The van der Waals surface area contributed by atoms with Crippen LogP contribution in [0.2, 0.25) is 0 Å². The molecule has 0 spiro atoms. The number of nitrogens with zero attached hydrogens (tertiary/aromatic N) is 5. The van der Waals surface area contributed by atoms with Crippen LogP contribution in [0.25, 0.3) is 5.65 Å². The molecule has 6 nitrogen and oxygen atoms in total. The lowest BCUT2D eigenvalue weighted by Gasteiger charge is -2.07. The molecule has 0 saturated carbocycles. The predicted molar refractivity (Wildman–Crippen MR) is 82.4 cm³/mol. The van der Waals surface area contributed by atoms with Crippen LogP contribution in [0.5, 0.6) is 0 Å². The average molecular weight is 316 g/mol. The number of hydrogen-bond donors (Lipinski definition) is 1. The summed E-state index contributed by atoms with van der Waals surface area (Å²) in [5, 5.41) is 16.6. The van der Waals surface area contributed by atoms with E-state index < -0.39 is 11.6 Å². The van der Waals surface area contributed by atoms with E-state index in [1.54, 1.807) is 11.4 Å². The molecule has 0 bridgehead atoms. The number of halogens is 2. The highest BCUT2D eigenvalue weighted by molar-refractivity contribution is 5.98. The fourth-order valence-corrected chi connectivity index (χ4v) is 2.19. The van der Waals surface area contributed by atoms with Gasteiger partial charge in [-0.05, 0) is 32.9 Å². The zero-order chi connectivity index (χ0) is 16.6. The Bertz CT molecular complexity index is 916. The molecule has 0 fully saturated rings. The molecule has 0 aliphatic rings. The molecule has 0 saturated heterocycles. The third kappa shape index (κ3) is 2.87. The molecule has 0 aliphatic heterocycles. The number of fused-ring (bicyclic) bond motifs is 1. The summed E-state index contributed by atoms with van der Waals surface area (Å²) in [4.78, 5) is 0. The van der Waals surface area contributed by atoms with E-state index in [4.69, 9.17) is 0 Å². The first kappa shape index (κ1) is 15.0. The van der Waals surface area contributed by atoms with Crippen molar-refractivity contribution in [3.05, 3.63) is 53.0 Å². The Morgan fingerprint density at radius 2 is 1.96 bits per heavy atom. The van der Waals surface area contributed by atoms with Gasteiger partial charge in [0.2, 0.25) is 0 Å². The Labute approximate surface area is 130 Å². The van der Waals surface area contributed by atoms with Gasteiger partial charge in [-0.2, -0.15) is 10.2 Å². The Kier molecular flexibility index (Phi) is 3.73. The molecule has 8 heteroatoms. The number of hydrogen-bond acceptors (Lipinski definition) is 5. The smallest absolute Gasteiger partial charge is 0.177 e. The summed E-state index contributed by atoms with van der Waals surface area (Å²) in [5.74, 6) is -1.36. The summed E-state index contributed by atoms with van der Waals surface area (Å²) in [6.45, 7) is 5.43. The maximum absolute atomic E-state index is 13.6. The van der Waals surface area contributed by atoms with Gasteiger partial charge in [-0.25, -0.2) is 13.3 Å². The van der Waals surface area contributed by atoms with E-state index in [9.17, 15) is 8.78 Å². The van der Waals surface area contributed by atoms with E-state index in [2.05, 4.69) is 25.8 Å². The standard InChI is InChI=1S/C15H14F2N6/c1-8-6-14-20-21-15(10(3)23(14)22-8)9(2)18-19-13-5-4-11(16)7-12(13)17/h4-7,19H,1-3H3/b18-9-. The zero-order valence-corrected chi connectivity index (χ0v) is 12.8. The van der Waals surface area contributed by atoms with Crippen molar-refractivity contribution in [1.29, 1.82) is 0 Å². The average Bonchev–Trinajstić information content (AvgIpc) is 2.88. The first-order chi connectivity index (χ1) is 11.0. The van der Waals surface area contributed by atoms with Crippen molar-refractivity contribution in [1.82, 2.24) is 19.8 Å². The van der Waals surface area contributed by atoms with Gasteiger partial charge in [-0.1, -0.05) is 0 Å². The molecule has 0 radical (unpaired) electrons. The molecule has 0 atom stereocenters. The van der Waals surface area contributed by atoms with E-state index >= 15 is 0 Å². The van der Waals surface area contributed by atoms with Gasteiger partial charge in [0.15, 0.2) is 11.5 Å². The lowest BCUT2D eigenvalue weighted by Crippen LogP contribution is -2.11. The third-order valence-corrected chi connectivity index (χ3v) is 3.34. The van der Waals surface area contributed by atoms with Gasteiger partial charge in [-0.3, -0.25) is 5.43 Å². The van der Waals surface area contributed by atoms with Gasteiger partial charge in [-0.15, -0.1) is 10.2 Å². The molecule has 3 rings (SSSR count).